The summed E-state index contributed by atoms with van der Waals surface area (Å²) in [5.74, 6) is -2.66. The lowest BCUT2D eigenvalue weighted by atomic mass is 10.1. The lowest BCUT2D eigenvalue weighted by Gasteiger charge is -1.99. The molecule has 25 N–H and O–H groups in total. The summed E-state index contributed by atoms with van der Waals surface area (Å²) in [5.41, 5.74) is 0. The summed E-state index contributed by atoms with van der Waals surface area (Å²) in [4.78, 5) is 41.3. The molecule has 0 radical (unpaired) electrons. The largest absolute Gasteiger partial charge is 0.481 e. The Morgan fingerprint density at radius 1 is 0.164 bits per heavy atom. The fraction of sp³-hybridized carbons (Fsp3) is 0.871. The highest BCUT2D eigenvalue weighted by Crippen LogP contribution is 2.15. The standard InChI is InChI=1S/4C18H34O2.7C3H8O3/c4*1-2-3-4-5-6-7-8-9-10-11-12-13-14-15-16-17-18(19)20;7*4-1-3(6)2-5/h4*9-10H,2-8,11-17H2,1H3,(H,19,20);7*3-6H,1-2H2/b4*10-9-;;;;;;;. The third kappa shape index (κ3) is 181. The van der Waals surface area contributed by atoms with E-state index in [9.17, 15) is 19.2 Å². The number of hydrogen-bond acceptors (Lipinski definition) is 25. The number of unbranched alkanes of at least 4 members (excludes halogenated alkanes) is 44. The second kappa shape index (κ2) is 138. The number of rotatable bonds is 74. The third-order valence-corrected chi connectivity index (χ3v) is 17.6. The molecule has 29 heteroatoms. The minimum Gasteiger partial charge on any atom is -0.481 e. The molecule has 0 fully saturated rings. The number of carbonyl (C=O) groups is 4. The van der Waals surface area contributed by atoms with Crippen molar-refractivity contribution in [1.29, 1.82) is 0 Å². The summed E-state index contributed by atoms with van der Waals surface area (Å²) < 4.78 is 0. The van der Waals surface area contributed by atoms with Crippen LogP contribution in [0, 0.1) is 0 Å². The van der Waals surface area contributed by atoms with Crippen LogP contribution in [-0.2, 0) is 19.2 Å². The van der Waals surface area contributed by atoms with Crippen molar-refractivity contribution in [1.82, 2.24) is 0 Å². The zero-order valence-corrected chi connectivity index (χ0v) is 77.0. The maximum atomic E-state index is 10.3. The van der Waals surface area contributed by atoms with Gasteiger partial charge in [-0.3, -0.25) is 19.2 Å². The molecule has 0 saturated carbocycles. The van der Waals surface area contributed by atoms with E-state index in [0.717, 1.165) is 51.4 Å². The molecule has 0 heterocycles. The predicted octanol–water partition coefficient (Wildman–Crippen LogP) is 12.8. The molecule has 0 aromatic rings. The van der Waals surface area contributed by atoms with Gasteiger partial charge in [-0.15, -0.1) is 0 Å². The Bertz CT molecular complexity index is 1650. The Hall–Kier alpha value is -4.00. The molecule has 0 unspecified atom stereocenters. The van der Waals surface area contributed by atoms with Gasteiger partial charge in [0.25, 0.3) is 0 Å². The van der Waals surface area contributed by atoms with E-state index in [1.54, 1.807) is 0 Å². The van der Waals surface area contributed by atoms with E-state index >= 15 is 0 Å². The highest BCUT2D eigenvalue weighted by Gasteiger charge is 2.03. The van der Waals surface area contributed by atoms with Crippen molar-refractivity contribution < 1.29 is 147 Å². The number of aliphatic carboxylic acids is 4. The topological polar surface area (TPSA) is 574 Å². The van der Waals surface area contributed by atoms with E-state index in [-0.39, 0.29) is 92.5 Å². The number of aliphatic hydroxyl groups is 21. The first-order valence-electron chi connectivity index (χ1n) is 46.5. The smallest absolute Gasteiger partial charge is 0.303 e. The van der Waals surface area contributed by atoms with Crippen molar-refractivity contribution >= 4 is 23.9 Å². The molecule has 0 aliphatic heterocycles. The summed E-state index contributed by atoms with van der Waals surface area (Å²) in [6.07, 6.45) is 78.3. The van der Waals surface area contributed by atoms with E-state index in [4.69, 9.17) is 128 Å². The van der Waals surface area contributed by atoms with Crippen molar-refractivity contribution in [3.8, 4) is 0 Å². The quantitative estimate of drug-likeness (QED) is 0.0199. The maximum absolute atomic E-state index is 10.3. The Morgan fingerprint density at radius 2 is 0.254 bits per heavy atom. The molecule has 0 saturated heterocycles. The summed E-state index contributed by atoms with van der Waals surface area (Å²) in [6.45, 7) is 3.93. The predicted molar refractivity (Wildman–Crippen MR) is 490 cm³/mol. The van der Waals surface area contributed by atoms with Gasteiger partial charge in [0.15, 0.2) is 0 Å². The molecule has 122 heavy (non-hydrogen) atoms. The summed E-state index contributed by atoms with van der Waals surface area (Å²) in [6, 6.07) is 0. The van der Waals surface area contributed by atoms with Crippen LogP contribution in [0.15, 0.2) is 48.6 Å². The molecule has 0 rings (SSSR count). The Morgan fingerprint density at radius 3 is 0.336 bits per heavy atom. The SMILES string of the molecule is CCCCCCCC/C=C\CCCCCCCC(=O)O.CCCCCCCC/C=C\CCCCCCCC(=O)O.CCCCCCCC/C=C\CCCCCCCC(=O)O.CCCCCCCC/C=C\CCCCCCCC(=O)O.OCC(O)CO.OCC(O)CO.OCC(O)CO.OCC(O)CO.OCC(O)CO.OCC(O)CO.OCC(O)CO. The van der Waals surface area contributed by atoms with Gasteiger partial charge in [0.1, 0.15) is 42.7 Å². The average molecular weight is 1770 g/mol. The highest BCUT2D eigenvalue weighted by atomic mass is 16.4. The minimum absolute atomic E-state index is 0.332. The van der Waals surface area contributed by atoms with Crippen LogP contribution in [0.3, 0.4) is 0 Å². The van der Waals surface area contributed by atoms with Gasteiger partial charge in [0, 0.05) is 25.7 Å². The van der Waals surface area contributed by atoms with Gasteiger partial charge in [-0.1, -0.05) is 282 Å². The second-order valence-corrected chi connectivity index (χ2v) is 30.0. The molecule has 0 aliphatic carbocycles. The van der Waals surface area contributed by atoms with E-state index < -0.39 is 66.6 Å². The van der Waals surface area contributed by atoms with Crippen LogP contribution in [0.25, 0.3) is 0 Å². The van der Waals surface area contributed by atoms with Crippen LogP contribution in [0.4, 0.5) is 0 Å². The number of carboxylic acids is 4. The fourth-order valence-corrected chi connectivity index (χ4v) is 9.79. The highest BCUT2D eigenvalue weighted by molar-refractivity contribution is 5.67. The van der Waals surface area contributed by atoms with Gasteiger partial charge in [0.2, 0.25) is 0 Å². The van der Waals surface area contributed by atoms with Crippen LogP contribution in [-0.4, -0.2) is 287 Å². The van der Waals surface area contributed by atoms with Crippen LogP contribution < -0.4 is 0 Å². The van der Waals surface area contributed by atoms with Crippen molar-refractivity contribution in [3.05, 3.63) is 48.6 Å². The zero-order valence-electron chi connectivity index (χ0n) is 77.0. The number of aliphatic hydroxyl groups excluding tert-OH is 21. The van der Waals surface area contributed by atoms with E-state index in [0.29, 0.717) is 25.7 Å². The number of allylic oxidation sites excluding steroid dienone is 8. The van der Waals surface area contributed by atoms with Gasteiger partial charge in [-0.2, -0.15) is 0 Å². The van der Waals surface area contributed by atoms with Gasteiger partial charge in [-0.25, -0.2) is 0 Å². The molecule has 0 amide bonds. The molecule has 0 aromatic heterocycles. The third-order valence-electron chi connectivity index (χ3n) is 17.6. The molecule has 0 aliphatic rings. The summed E-state index contributed by atoms with van der Waals surface area (Å²) in [5, 5.41) is 202. The first-order chi connectivity index (χ1) is 58.7. The minimum atomic E-state index is -0.954. The van der Waals surface area contributed by atoms with Gasteiger partial charge in [0.05, 0.1) is 92.5 Å². The molecular formula is C93H192O29. The lowest BCUT2D eigenvalue weighted by Crippen LogP contribution is -2.15. The summed E-state index contributed by atoms with van der Waals surface area (Å²) >= 11 is 0. The molecule has 0 bridgehead atoms. The van der Waals surface area contributed by atoms with E-state index in [1.807, 2.05) is 0 Å². The monoisotopic (exact) mass is 1770 g/mol. The fourth-order valence-electron chi connectivity index (χ4n) is 9.79. The Kier molecular flexibility index (Phi) is 159. The lowest BCUT2D eigenvalue weighted by molar-refractivity contribution is -0.138. The van der Waals surface area contributed by atoms with Crippen molar-refractivity contribution in [2.45, 2.75) is 430 Å². The molecule has 0 aromatic carbocycles. The van der Waals surface area contributed by atoms with Crippen LogP contribution in [0.2, 0.25) is 0 Å². The second-order valence-electron chi connectivity index (χ2n) is 30.0. The number of hydrogen-bond donors (Lipinski definition) is 25. The molecule has 29 nitrogen and oxygen atoms in total. The number of carboxylic acid groups (broad SMARTS) is 4. The van der Waals surface area contributed by atoms with E-state index in [1.165, 1.54) is 283 Å². The van der Waals surface area contributed by atoms with Gasteiger partial charge < -0.3 is 128 Å². The average Bonchev–Trinajstić information content (AvgIpc) is 1.12. The van der Waals surface area contributed by atoms with Gasteiger partial charge in [-0.05, 0) is 128 Å². The summed E-state index contributed by atoms with van der Waals surface area (Å²) in [7, 11) is 0. The van der Waals surface area contributed by atoms with Crippen LogP contribution in [0.1, 0.15) is 387 Å². The van der Waals surface area contributed by atoms with E-state index in [2.05, 4.69) is 76.3 Å². The molecule has 0 spiro atoms. The maximum Gasteiger partial charge on any atom is 0.303 e. The van der Waals surface area contributed by atoms with Gasteiger partial charge >= 0.3 is 23.9 Å². The van der Waals surface area contributed by atoms with Crippen LogP contribution in [0.5, 0.6) is 0 Å². The molecule has 738 valence electrons. The zero-order chi connectivity index (χ0) is 94.5. The Labute approximate surface area is 738 Å². The van der Waals surface area contributed by atoms with Crippen LogP contribution >= 0.6 is 0 Å². The van der Waals surface area contributed by atoms with Crippen molar-refractivity contribution in [3.63, 3.8) is 0 Å². The van der Waals surface area contributed by atoms with Crippen molar-refractivity contribution in [2.75, 3.05) is 92.5 Å². The Balaban J connectivity index is -0.000000129. The molecule has 0 atom stereocenters. The first kappa shape index (κ1) is 141. The molecular weight excluding hydrogens is 1580 g/mol. The van der Waals surface area contributed by atoms with Crippen molar-refractivity contribution in [2.24, 2.45) is 0 Å². The normalized spacial score (nSPS) is 10.8. The first-order valence-corrected chi connectivity index (χ1v) is 46.5.